The Hall–Kier alpha value is -0.200. The molecule has 4 heteroatoms. The van der Waals surface area contributed by atoms with Gasteiger partial charge >= 0.3 is 0 Å². The summed E-state index contributed by atoms with van der Waals surface area (Å²) in [6.07, 6.45) is -0.673. The van der Waals surface area contributed by atoms with Crippen LogP contribution in [0.5, 0.6) is 0 Å². The van der Waals surface area contributed by atoms with E-state index in [9.17, 15) is 9.50 Å². The molecule has 1 aromatic carbocycles. The normalized spacial score (nSPS) is 15.3. The molecule has 0 spiro atoms. The molecule has 3 N–H and O–H groups in total. The second-order valence-corrected chi connectivity index (χ2v) is 4.54. The molecule has 0 aliphatic heterocycles. The lowest BCUT2D eigenvalue weighted by Gasteiger charge is -2.16. The van der Waals surface area contributed by atoms with E-state index < -0.39 is 12.1 Å². The lowest BCUT2D eigenvalue weighted by molar-refractivity contribution is 0.164. The zero-order valence-corrected chi connectivity index (χ0v) is 10.2. The minimum absolute atomic E-state index is 0.275. The van der Waals surface area contributed by atoms with E-state index in [1.165, 1.54) is 6.07 Å². The quantitative estimate of drug-likeness (QED) is 0.822. The highest BCUT2D eigenvalue weighted by molar-refractivity contribution is 14.1. The number of aliphatic hydroxyl groups excluding tert-OH is 1. The lowest BCUT2D eigenvalue weighted by atomic mass is 10.0. The van der Waals surface area contributed by atoms with Crippen molar-refractivity contribution in [2.45, 2.75) is 26.0 Å². The summed E-state index contributed by atoms with van der Waals surface area (Å²) >= 11 is 2.06. The van der Waals surface area contributed by atoms with Crippen LogP contribution >= 0.6 is 22.6 Å². The van der Waals surface area contributed by atoms with E-state index in [0.717, 1.165) is 3.57 Å². The van der Waals surface area contributed by atoms with Gasteiger partial charge in [-0.2, -0.15) is 0 Å². The largest absolute Gasteiger partial charge is 0.391 e. The fourth-order valence-electron chi connectivity index (χ4n) is 1.14. The van der Waals surface area contributed by atoms with Gasteiger partial charge in [-0.3, -0.25) is 0 Å². The molecule has 0 radical (unpaired) electrons. The molecule has 2 unspecified atom stereocenters. The molecule has 2 atom stereocenters. The summed E-state index contributed by atoms with van der Waals surface area (Å²) in [6.45, 7) is 3.31. The molecule has 1 rings (SSSR count). The van der Waals surface area contributed by atoms with Gasteiger partial charge in [-0.25, -0.2) is 4.39 Å². The number of hydrogen-bond donors (Lipinski definition) is 2. The van der Waals surface area contributed by atoms with Crippen LogP contribution < -0.4 is 5.73 Å². The molecule has 78 valence electrons. The lowest BCUT2D eigenvalue weighted by Crippen LogP contribution is -2.23. The molecule has 0 aromatic heterocycles. The Balaban J connectivity index is 3.12. The van der Waals surface area contributed by atoms with Crippen molar-refractivity contribution in [3.05, 3.63) is 32.6 Å². The summed E-state index contributed by atoms with van der Waals surface area (Å²) in [7, 11) is 0. The molecule has 0 amide bonds. The zero-order valence-electron chi connectivity index (χ0n) is 8.09. The number of hydrogen-bond acceptors (Lipinski definition) is 2. The number of nitrogens with two attached hydrogens (primary N) is 1. The van der Waals surface area contributed by atoms with Crippen molar-refractivity contribution in [1.29, 1.82) is 0 Å². The molecule has 0 bridgehead atoms. The first-order valence-electron chi connectivity index (χ1n) is 4.32. The predicted octanol–water partition coefficient (Wildman–Crippen LogP) is 2.12. The van der Waals surface area contributed by atoms with Crippen LogP contribution in [0.15, 0.2) is 12.1 Å². The van der Waals surface area contributed by atoms with Crippen LogP contribution in [0.4, 0.5) is 4.39 Å². The average molecular weight is 309 g/mol. The minimum atomic E-state index is -0.673. The second kappa shape index (κ2) is 4.55. The Bertz CT molecular complexity index is 318. The zero-order chi connectivity index (χ0) is 10.9. The molecule has 0 heterocycles. The Morgan fingerprint density at radius 1 is 1.50 bits per heavy atom. The van der Waals surface area contributed by atoms with Crippen LogP contribution in [-0.2, 0) is 0 Å². The summed E-state index contributed by atoms with van der Waals surface area (Å²) in [6, 6.07) is 2.66. The van der Waals surface area contributed by atoms with Gasteiger partial charge in [0.05, 0.1) is 12.1 Å². The average Bonchev–Trinajstić information content (AvgIpc) is 2.12. The third-order valence-corrected chi connectivity index (χ3v) is 3.33. The summed E-state index contributed by atoms with van der Waals surface area (Å²) in [5.74, 6) is -0.275. The van der Waals surface area contributed by atoms with Crippen molar-refractivity contribution in [1.82, 2.24) is 0 Å². The highest BCUT2D eigenvalue weighted by atomic mass is 127. The maximum atomic E-state index is 13.3. The SMILES string of the molecule is Cc1c(F)cc(C(N)C(C)O)cc1I. The van der Waals surface area contributed by atoms with E-state index in [2.05, 4.69) is 22.6 Å². The highest BCUT2D eigenvalue weighted by Gasteiger charge is 2.14. The maximum Gasteiger partial charge on any atom is 0.127 e. The van der Waals surface area contributed by atoms with Crippen molar-refractivity contribution in [2.75, 3.05) is 0 Å². The number of halogens is 2. The first-order valence-corrected chi connectivity index (χ1v) is 5.40. The van der Waals surface area contributed by atoms with Gasteiger partial charge in [0.15, 0.2) is 0 Å². The van der Waals surface area contributed by atoms with E-state index in [0.29, 0.717) is 11.1 Å². The van der Waals surface area contributed by atoms with E-state index in [1.54, 1.807) is 19.9 Å². The Kier molecular flexibility index (Phi) is 3.86. The van der Waals surface area contributed by atoms with Crippen molar-refractivity contribution in [3.63, 3.8) is 0 Å². The topological polar surface area (TPSA) is 46.2 Å². The van der Waals surface area contributed by atoms with Crippen molar-refractivity contribution in [3.8, 4) is 0 Å². The van der Waals surface area contributed by atoms with Crippen LogP contribution in [0, 0.1) is 16.3 Å². The fraction of sp³-hybridized carbons (Fsp3) is 0.400. The first kappa shape index (κ1) is 11.9. The molecular formula is C10H13FINO. The van der Waals surface area contributed by atoms with Gasteiger partial charge in [-0.1, -0.05) is 0 Å². The molecule has 14 heavy (non-hydrogen) atoms. The number of benzene rings is 1. The van der Waals surface area contributed by atoms with Gasteiger partial charge < -0.3 is 10.8 Å². The summed E-state index contributed by atoms with van der Waals surface area (Å²) in [5, 5.41) is 9.28. The summed E-state index contributed by atoms with van der Waals surface area (Å²) in [5.41, 5.74) is 6.96. The van der Waals surface area contributed by atoms with Crippen LogP contribution in [0.25, 0.3) is 0 Å². The third-order valence-electron chi connectivity index (χ3n) is 2.21. The monoisotopic (exact) mass is 309 g/mol. The molecule has 0 saturated carbocycles. The Labute approximate surface area is 96.5 Å². The Morgan fingerprint density at radius 3 is 2.50 bits per heavy atom. The number of aliphatic hydroxyl groups is 1. The molecule has 0 saturated heterocycles. The highest BCUT2D eigenvalue weighted by Crippen LogP contribution is 2.22. The van der Waals surface area contributed by atoms with Crippen LogP contribution in [0.3, 0.4) is 0 Å². The van der Waals surface area contributed by atoms with Crippen molar-refractivity contribution in [2.24, 2.45) is 5.73 Å². The minimum Gasteiger partial charge on any atom is -0.391 e. The molecule has 1 aromatic rings. The standard InChI is InChI=1S/C10H13FINO/c1-5-8(11)3-7(4-9(5)12)10(13)6(2)14/h3-4,6,10,14H,13H2,1-2H3. The second-order valence-electron chi connectivity index (χ2n) is 3.38. The van der Waals surface area contributed by atoms with Crippen LogP contribution in [-0.4, -0.2) is 11.2 Å². The van der Waals surface area contributed by atoms with Crippen LogP contribution in [0.1, 0.15) is 24.1 Å². The molecule has 0 fully saturated rings. The first-order chi connectivity index (χ1) is 6.43. The van der Waals surface area contributed by atoms with Crippen molar-refractivity contribution >= 4 is 22.6 Å². The molecule has 0 aliphatic rings. The van der Waals surface area contributed by atoms with Gasteiger partial charge in [0, 0.05) is 3.57 Å². The fourth-order valence-corrected chi connectivity index (χ4v) is 1.75. The summed E-state index contributed by atoms with van der Waals surface area (Å²) < 4.78 is 14.1. The number of rotatable bonds is 2. The van der Waals surface area contributed by atoms with E-state index in [-0.39, 0.29) is 5.82 Å². The summed E-state index contributed by atoms with van der Waals surface area (Å²) in [4.78, 5) is 0. The maximum absolute atomic E-state index is 13.3. The van der Waals surface area contributed by atoms with E-state index in [4.69, 9.17) is 5.73 Å². The van der Waals surface area contributed by atoms with E-state index in [1.807, 2.05) is 0 Å². The van der Waals surface area contributed by atoms with Gasteiger partial charge in [0.2, 0.25) is 0 Å². The van der Waals surface area contributed by atoms with Gasteiger partial charge in [0.25, 0.3) is 0 Å². The molecule has 2 nitrogen and oxygen atoms in total. The predicted molar refractivity (Wildman–Crippen MR) is 62.5 cm³/mol. The molecule has 0 aliphatic carbocycles. The smallest absolute Gasteiger partial charge is 0.127 e. The van der Waals surface area contributed by atoms with Crippen molar-refractivity contribution < 1.29 is 9.50 Å². The van der Waals surface area contributed by atoms with E-state index >= 15 is 0 Å². The van der Waals surface area contributed by atoms with Gasteiger partial charge in [-0.15, -0.1) is 0 Å². The molecular weight excluding hydrogens is 296 g/mol. The van der Waals surface area contributed by atoms with Gasteiger partial charge in [-0.05, 0) is 59.7 Å². The Morgan fingerprint density at radius 2 is 2.07 bits per heavy atom. The van der Waals surface area contributed by atoms with Gasteiger partial charge in [0.1, 0.15) is 5.82 Å². The van der Waals surface area contributed by atoms with Crippen LogP contribution in [0.2, 0.25) is 0 Å². The third kappa shape index (κ3) is 2.43.